The summed E-state index contributed by atoms with van der Waals surface area (Å²) in [6.07, 6.45) is 2.47. The van der Waals surface area contributed by atoms with Gasteiger partial charge in [-0.05, 0) is 69.4 Å². The number of hydrogen-bond donors (Lipinski definition) is 1. The van der Waals surface area contributed by atoms with E-state index in [1.807, 2.05) is 79.6 Å². The SMILES string of the molecule is Cc1cc(C(=O)N2CCCC2c2nc(C)cs2)cc(-c2nnc(C(C)(N)Cc3ccccc3)o2)c1. The third kappa shape index (κ3) is 4.90. The zero-order valence-electron chi connectivity index (χ0n) is 20.2. The lowest BCUT2D eigenvalue weighted by atomic mass is 9.94. The van der Waals surface area contributed by atoms with Crippen LogP contribution in [0.5, 0.6) is 0 Å². The molecule has 4 aromatic rings. The highest BCUT2D eigenvalue weighted by Crippen LogP contribution is 2.35. The zero-order chi connectivity index (χ0) is 24.6. The fourth-order valence-electron chi connectivity index (χ4n) is 4.65. The number of nitrogens with two attached hydrogens (primary N) is 1. The minimum atomic E-state index is -0.816. The number of carbonyl (C=O) groups excluding carboxylic acids is 1. The Labute approximate surface area is 209 Å². The van der Waals surface area contributed by atoms with E-state index in [-0.39, 0.29) is 11.9 Å². The normalized spacial score (nSPS) is 17.5. The number of thiazole rings is 1. The van der Waals surface area contributed by atoms with Crippen LogP contribution < -0.4 is 5.73 Å². The summed E-state index contributed by atoms with van der Waals surface area (Å²) in [6.45, 7) is 6.56. The van der Waals surface area contributed by atoms with Crippen molar-refractivity contribution in [3.05, 3.63) is 87.2 Å². The lowest BCUT2D eigenvalue weighted by molar-refractivity contribution is 0.0735. The minimum absolute atomic E-state index is 0.00205. The standard InChI is InChI=1S/C27H29N5O2S/c1-17-12-20(23-30-31-26(34-23)27(3,28)15-19-8-5-4-6-9-19)14-21(13-17)25(33)32-11-7-10-22(32)24-29-18(2)16-35-24/h4-6,8-9,12-14,16,22H,7,10-11,15,28H2,1-3H3. The van der Waals surface area contributed by atoms with Gasteiger partial charge in [-0.15, -0.1) is 21.5 Å². The monoisotopic (exact) mass is 487 g/mol. The number of carbonyl (C=O) groups is 1. The summed E-state index contributed by atoms with van der Waals surface area (Å²) >= 11 is 1.62. The summed E-state index contributed by atoms with van der Waals surface area (Å²) < 4.78 is 6.03. The molecule has 2 unspecified atom stereocenters. The van der Waals surface area contributed by atoms with Crippen molar-refractivity contribution in [3.63, 3.8) is 0 Å². The van der Waals surface area contributed by atoms with E-state index in [2.05, 4.69) is 15.2 Å². The van der Waals surface area contributed by atoms with Gasteiger partial charge in [0.25, 0.3) is 5.91 Å². The molecule has 7 nitrogen and oxygen atoms in total. The molecular weight excluding hydrogens is 458 g/mol. The Morgan fingerprint density at radius 1 is 1.20 bits per heavy atom. The fraction of sp³-hybridized carbons (Fsp3) is 0.333. The van der Waals surface area contributed by atoms with Crippen LogP contribution in [0.3, 0.4) is 0 Å². The largest absolute Gasteiger partial charge is 0.419 e. The highest BCUT2D eigenvalue weighted by atomic mass is 32.1. The molecule has 0 aliphatic carbocycles. The summed E-state index contributed by atoms with van der Waals surface area (Å²) in [4.78, 5) is 20.1. The van der Waals surface area contributed by atoms with Crippen molar-refractivity contribution in [2.75, 3.05) is 6.54 Å². The number of aryl methyl sites for hydroxylation is 2. The minimum Gasteiger partial charge on any atom is -0.419 e. The molecule has 1 aliphatic rings. The Morgan fingerprint density at radius 3 is 2.74 bits per heavy atom. The van der Waals surface area contributed by atoms with Crippen molar-refractivity contribution in [3.8, 4) is 11.5 Å². The predicted octanol–water partition coefficient (Wildman–Crippen LogP) is 5.20. The molecule has 0 radical (unpaired) electrons. The summed E-state index contributed by atoms with van der Waals surface area (Å²) in [6, 6.07) is 15.7. The predicted molar refractivity (Wildman–Crippen MR) is 136 cm³/mol. The first-order chi connectivity index (χ1) is 16.8. The average molecular weight is 488 g/mol. The first-order valence-corrected chi connectivity index (χ1v) is 12.7. The van der Waals surface area contributed by atoms with Crippen LogP contribution in [-0.4, -0.2) is 32.5 Å². The quantitative estimate of drug-likeness (QED) is 0.401. The van der Waals surface area contributed by atoms with Gasteiger partial charge in [0.15, 0.2) is 0 Å². The maximum Gasteiger partial charge on any atom is 0.254 e. The number of nitrogens with zero attached hydrogens (tertiary/aromatic N) is 4. The molecule has 0 saturated carbocycles. The molecule has 1 saturated heterocycles. The molecule has 5 rings (SSSR count). The van der Waals surface area contributed by atoms with E-state index in [1.165, 1.54) is 0 Å². The highest BCUT2D eigenvalue weighted by molar-refractivity contribution is 7.09. The van der Waals surface area contributed by atoms with Crippen LogP contribution in [-0.2, 0) is 12.0 Å². The molecule has 3 heterocycles. The average Bonchev–Trinajstić information content (AvgIpc) is 3.59. The van der Waals surface area contributed by atoms with Gasteiger partial charge in [0.1, 0.15) is 5.01 Å². The lowest BCUT2D eigenvalue weighted by Gasteiger charge is -2.23. The second-order valence-electron chi connectivity index (χ2n) is 9.56. The highest BCUT2D eigenvalue weighted by Gasteiger charge is 2.33. The first-order valence-electron chi connectivity index (χ1n) is 11.8. The van der Waals surface area contributed by atoms with Crippen LogP contribution in [0.4, 0.5) is 0 Å². The van der Waals surface area contributed by atoms with Gasteiger partial charge in [0, 0.05) is 28.7 Å². The molecule has 180 valence electrons. The van der Waals surface area contributed by atoms with Gasteiger partial charge in [-0.25, -0.2) is 4.98 Å². The molecule has 8 heteroatoms. The van der Waals surface area contributed by atoms with Gasteiger partial charge < -0.3 is 15.1 Å². The topological polar surface area (TPSA) is 98.1 Å². The number of aromatic nitrogens is 3. The molecule has 0 bridgehead atoms. The van der Waals surface area contributed by atoms with Crippen molar-refractivity contribution in [1.82, 2.24) is 20.1 Å². The molecule has 2 aromatic heterocycles. The van der Waals surface area contributed by atoms with E-state index in [0.29, 0.717) is 29.3 Å². The summed E-state index contributed by atoms with van der Waals surface area (Å²) in [5.74, 6) is 0.721. The van der Waals surface area contributed by atoms with Crippen LogP contribution in [0, 0.1) is 13.8 Å². The van der Waals surface area contributed by atoms with Crippen molar-refractivity contribution in [2.45, 2.75) is 51.6 Å². The van der Waals surface area contributed by atoms with Crippen LogP contribution in [0.25, 0.3) is 11.5 Å². The van der Waals surface area contributed by atoms with Crippen molar-refractivity contribution < 1.29 is 9.21 Å². The number of likely N-dealkylation sites (tertiary alicyclic amines) is 1. The zero-order valence-corrected chi connectivity index (χ0v) is 21.0. The van der Waals surface area contributed by atoms with E-state index in [4.69, 9.17) is 10.2 Å². The third-order valence-corrected chi connectivity index (χ3v) is 7.40. The summed E-state index contributed by atoms with van der Waals surface area (Å²) in [5.41, 5.74) is 10.1. The van der Waals surface area contributed by atoms with Gasteiger partial charge in [-0.3, -0.25) is 4.79 Å². The van der Waals surface area contributed by atoms with Gasteiger partial charge in [-0.2, -0.15) is 0 Å². The van der Waals surface area contributed by atoms with Crippen LogP contribution in [0.1, 0.15) is 63.9 Å². The van der Waals surface area contributed by atoms with Crippen LogP contribution >= 0.6 is 11.3 Å². The molecule has 35 heavy (non-hydrogen) atoms. The van der Waals surface area contributed by atoms with Gasteiger partial charge in [-0.1, -0.05) is 30.3 Å². The summed E-state index contributed by atoms with van der Waals surface area (Å²) in [5, 5.41) is 11.6. The molecule has 2 N–H and O–H groups in total. The van der Waals surface area contributed by atoms with Gasteiger partial charge in [0.05, 0.1) is 11.6 Å². The summed E-state index contributed by atoms with van der Waals surface area (Å²) in [7, 11) is 0. The third-order valence-electron chi connectivity index (χ3n) is 6.33. The van der Waals surface area contributed by atoms with E-state index in [9.17, 15) is 4.79 Å². The maximum absolute atomic E-state index is 13.6. The van der Waals surface area contributed by atoms with E-state index >= 15 is 0 Å². The molecular formula is C27H29N5O2S. The van der Waals surface area contributed by atoms with Crippen LogP contribution in [0.15, 0.2) is 58.3 Å². The Morgan fingerprint density at radius 2 is 2.00 bits per heavy atom. The van der Waals surface area contributed by atoms with E-state index in [1.54, 1.807) is 11.3 Å². The smallest absolute Gasteiger partial charge is 0.254 e. The first kappa shape index (κ1) is 23.4. The van der Waals surface area contributed by atoms with E-state index in [0.717, 1.165) is 41.2 Å². The number of amides is 1. The second-order valence-corrected chi connectivity index (χ2v) is 10.5. The molecule has 2 aromatic carbocycles. The van der Waals surface area contributed by atoms with Crippen LogP contribution in [0.2, 0.25) is 0 Å². The molecule has 0 spiro atoms. The van der Waals surface area contributed by atoms with Crippen molar-refractivity contribution in [1.29, 1.82) is 0 Å². The van der Waals surface area contributed by atoms with Crippen molar-refractivity contribution >= 4 is 17.2 Å². The fourth-order valence-corrected chi connectivity index (χ4v) is 5.60. The number of rotatable bonds is 6. The molecule has 1 amide bonds. The molecule has 1 aliphatic heterocycles. The Hall–Kier alpha value is -3.36. The van der Waals surface area contributed by atoms with E-state index < -0.39 is 5.54 Å². The van der Waals surface area contributed by atoms with Crippen molar-refractivity contribution in [2.24, 2.45) is 5.73 Å². The molecule has 2 atom stereocenters. The number of benzene rings is 2. The lowest BCUT2D eigenvalue weighted by Crippen LogP contribution is -2.35. The van der Waals surface area contributed by atoms with Gasteiger partial charge in [0.2, 0.25) is 11.8 Å². The second kappa shape index (κ2) is 9.36. The Kier molecular flexibility index (Phi) is 6.25. The Balaban J connectivity index is 1.40. The maximum atomic E-state index is 13.6. The number of hydrogen-bond acceptors (Lipinski definition) is 7. The van der Waals surface area contributed by atoms with Gasteiger partial charge >= 0.3 is 0 Å². The Bertz CT molecular complexity index is 1340. The molecule has 1 fully saturated rings.